The van der Waals surface area contributed by atoms with Crippen LogP contribution in [0, 0.1) is 6.07 Å². The van der Waals surface area contributed by atoms with Crippen LogP contribution in [0.4, 0.5) is 0 Å². The Bertz CT molecular complexity index is 181. The zero-order valence-electron chi connectivity index (χ0n) is 4.81. The molecule has 0 fully saturated rings. The van der Waals surface area contributed by atoms with Gasteiger partial charge in [0, 0.05) is 0 Å². The van der Waals surface area contributed by atoms with Gasteiger partial charge in [-0.1, -0.05) is 0 Å². The fraction of sp³-hybridized carbons (Fsp3) is 0. The van der Waals surface area contributed by atoms with Crippen molar-refractivity contribution in [3.63, 3.8) is 0 Å². The Hall–Kier alpha value is 0.763. The van der Waals surface area contributed by atoms with Crippen molar-refractivity contribution in [1.29, 1.82) is 0 Å². The SMILES string of the molecule is Clc1[c-]cnc(Cl)n1.[Zn+][Br]. The molecule has 0 bridgehead atoms. The van der Waals surface area contributed by atoms with E-state index in [9.17, 15) is 0 Å². The summed E-state index contributed by atoms with van der Waals surface area (Å²) in [5, 5.41) is 0.388. The molecule has 1 heterocycles. The van der Waals surface area contributed by atoms with Crippen molar-refractivity contribution in [3.8, 4) is 0 Å². The Morgan fingerprint density at radius 1 is 1.50 bits per heavy atom. The summed E-state index contributed by atoms with van der Waals surface area (Å²) in [6.07, 6.45) is 1.37. The molecule has 1 aromatic rings. The maximum absolute atomic E-state index is 5.35. The van der Waals surface area contributed by atoms with Gasteiger partial charge in [-0.3, -0.25) is 4.98 Å². The van der Waals surface area contributed by atoms with Crippen LogP contribution in [-0.4, -0.2) is 9.97 Å². The molecule has 0 saturated heterocycles. The maximum atomic E-state index is 5.35. The number of hydrogen-bond acceptors (Lipinski definition) is 2. The van der Waals surface area contributed by atoms with Gasteiger partial charge in [-0.2, -0.15) is 0 Å². The van der Waals surface area contributed by atoms with Crippen LogP contribution in [0.5, 0.6) is 0 Å². The van der Waals surface area contributed by atoms with E-state index >= 15 is 0 Å². The number of aromatic nitrogens is 2. The molecule has 0 N–H and O–H groups in total. The molecule has 10 heavy (non-hydrogen) atoms. The van der Waals surface area contributed by atoms with Crippen molar-refractivity contribution in [3.05, 3.63) is 22.7 Å². The van der Waals surface area contributed by atoms with Gasteiger partial charge in [0.25, 0.3) is 0 Å². The molecule has 0 unspecified atom stereocenters. The topological polar surface area (TPSA) is 25.8 Å². The summed E-state index contributed by atoms with van der Waals surface area (Å²) in [7, 11) is 0. The standard InChI is InChI=1S/C4HCl2N2.BrH.Zn/c5-3-1-2-7-4(6)8-3;;/h2H;1H;/q-1;;+2/p-1. The second-order valence-corrected chi connectivity index (χ2v) is 1.77. The Balaban J connectivity index is 0.000000371. The third-order valence-electron chi connectivity index (χ3n) is 0.545. The first-order valence-electron chi connectivity index (χ1n) is 2.11. The van der Waals surface area contributed by atoms with Crippen molar-refractivity contribution in [1.82, 2.24) is 9.97 Å². The van der Waals surface area contributed by atoms with E-state index < -0.39 is 0 Å². The van der Waals surface area contributed by atoms with Crippen molar-refractivity contribution < 1.29 is 16.3 Å². The van der Waals surface area contributed by atoms with Crippen LogP contribution in [0.15, 0.2) is 6.20 Å². The average Bonchev–Trinajstić information content (AvgIpc) is 1.91. The minimum absolute atomic E-state index is 0.147. The number of hydrogen-bond donors (Lipinski definition) is 0. The summed E-state index contributed by atoms with van der Waals surface area (Å²) in [6, 6.07) is 2.53. The van der Waals surface area contributed by atoms with Crippen LogP contribution in [0.1, 0.15) is 0 Å². The first kappa shape index (κ1) is 10.8. The van der Waals surface area contributed by atoms with Crippen LogP contribution in [0.2, 0.25) is 10.4 Å². The molecular weight excluding hydrogens is 292 g/mol. The summed E-state index contributed by atoms with van der Waals surface area (Å²) in [5.74, 6) is 0. The minimum atomic E-state index is 0.147. The first-order valence-corrected chi connectivity index (χ1v) is 9.82. The van der Waals surface area contributed by atoms with E-state index in [0.29, 0.717) is 0 Å². The van der Waals surface area contributed by atoms with Crippen molar-refractivity contribution in [2.75, 3.05) is 0 Å². The van der Waals surface area contributed by atoms with E-state index in [4.69, 9.17) is 23.2 Å². The second-order valence-electron chi connectivity index (χ2n) is 1.07. The average molecular weight is 293 g/mol. The predicted octanol–water partition coefficient (Wildman–Crippen LogP) is 2.43. The molecule has 1 aromatic heterocycles. The molecule has 0 aliphatic carbocycles. The van der Waals surface area contributed by atoms with Crippen LogP contribution >= 0.6 is 36.8 Å². The molecule has 0 aliphatic heterocycles. The molecule has 0 aromatic carbocycles. The van der Waals surface area contributed by atoms with Crippen molar-refractivity contribution in [2.45, 2.75) is 0 Å². The Morgan fingerprint density at radius 3 is 2.40 bits per heavy atom. The van der Waals surface area contributed by atoms with Gasteiger partial charge in [0.2, 0.25) is 5.28 Å². The summed E-state index contributed by atoms with van der Waals surface area (Å²) in [5.41, 5.74) is 0. The summed E-state index contributed by atoms with van der Waals surface area (Å²) >= 11 is 14.9. The van der Waals surface area contributed by atoms with Gasteiger partial charge < -0.3 is 6.07 Å². The molecule has 0 spiro atoms. The zero-order chi connectivity index (χ0) is 7.98. The fourth-order valence-corrected chi connectivity index (χ4v) is 0.586. The van der Waals surface area contributed by atoms with Crippen LogP contribution in [0.3, 0.4) is 0 Å². The van der Waals surface area contributed by atoms with Crippen LogP contribution in [0.25, 0.3) is 0 Å². The third kappa shape index (κ3) is 4.56. The number of rotatable bonds is 0. The summed E-state index contributed by atoms with van der Waals surface area (Å²) < 4.78 is 0. The number of nitrogens with zero attached hydrogens (tertiary/aromatic N) is 2. The van der Waals surface area contributed by atoms with Gasteiger partial charge >= 0.3 is 30.0 Å². The van der Waals surface area contributed by atoms with E-state index in [2.05, 4.69) is 29.7 Å². The van der Waals surface area contributed by atoms with Gasteiger partial charge in [0.1, 0.15) is 0 Å². The molecule has 0 radical (unpaired) electrons. The quantitative estimate of drug-likeness (QED) is 0.318. The van der Waals surface area contributed by atoms with E-state index in [1.54, 1.807) is 0 Å². The normalized spacial score (nSPS) is 8.10. The summed E-state index contributed by atoms with van der Waals surface area (Å²) in [4.78, 5) is 7.09. The van der Waals surface area contributed by atoms with E-state index in [0.717, 1.165) is 0 Å². The number of halogens is 3. The molecule has 0 aliphatic rings. The van der Waals surface area contributed by atoms with Gasteiger partial charge in [0.15, 0.2) is 0 Å². The Morgan fingerprint density at radius 2 is 2.10 bits per heavy atom. The van der Waals surface area contributed by atoms with E-state index in [-0.39, 0.29) is 10.4 Å². The monoisotopic (exact) mass is 290 g/mol. The van der Waals surface area contributed by atoms with Crippen LogP contribution in [-0.2, 0) is 16.3 Å². The van der Waals surface area contributed by atoms with E-state index in [1.807, 2.05) is 0 Å². The molecule has 2 nitrogen and oxygen atoms in total. The molecule has 6 heteroatoms. The van der Waals surface area contributed by atoms with Crippen molar-refractivity contribution >= 4 is 36.8 Å². The van der Waals surface area contributed by atoms with E-state index in [1.165, 1.54) is 22.5 Å². The zero-order valence-corrected chi connectivity index (χ0v) is 10.9. The molecule has 1 rings (SSSR count). The molecule has 0 atom stereocenters. The third-order valence-corrected chi connectivity index (χ3v) is 0.921. The molecule has 50 valence electrons. The second kappa shape index (κ2) is 6.47. The summed E-state index contributed by atoms with van der Waals surface area (Å²) in [6.45, 7) is 0. The fourth-order valence-electron chi connectivity index (χ4n) is 0.281. The van der Waals surface area contributed by atoms with Gasteiger partial charge in [-0.15, -0.1) is 17.8 Å². The molecule has 0 amide bonds. The predicted molar refractivity (Wildman–Crippen MR) is 39.8 cm³/mol. The molecular formula is C4HBrCl2N2Zn. The molecule has 0 saturated carbocycles. The Labute approximate surface area is 85.4 Å². The van der Waals surface area contributed by atoms with Gasteiger partial charge in [0.05, 0.1) is 0 Å². The van der Waals surface area contributed by atoms with Gasteiger partial charge in [-0.05, 0) is 16.8 Å². The van der Waals surface area contributed by atoms with Crippen molar-refractivity contribution in [2.24, 2.45) is 0 Å². The van der Waals surface area contributed by atoms with Crippen LogP contribution < -0.4 is 0 Å². The van der Waals surface area contributed by atoms with Gasteiger partial charge in [-0.25, -0.2) is 4.98 Å². The Kier molecular flexibility index (Phi) is 6.97. The first-order chi connectivity index (χ1) is 4.79.